The van der Waals surface area contributed by atoms with E-state index in [-0.39, 0.29) is 11.9 Å². The van der Waals surface area contributed by atoms with Gasteiger partial charge in [-0.25, -0.2) is 4.79 Å². The average molecular weight is 421 g/mol. The normalized spacial score (nSPS) is 18.8. The molecule has 3 amide bonds. The van der Waals surface area contributed by atoms with Gasteiger partial charge in [-0.15, -0.1) is 0 Å². The lowest BCUT2D eigenvalue weighted by Crippen LogP contribution is -2.53. The summed E-state index contributed by atoms with van der Waals surface area (Å²) in [4.78, 5) is 28.9. The molecule has 1 aliphatic heterocycles. The summed E-state index contributed by atoms with van der Waals surface area (Å²) in [5, 5.41) is 6.12. The lowest BCUT2D eigenvalue weighted by molar-refractivity contribution is -0.122. The number of hydrogen-bond acceptors (Lipinski definition) is 3. The summed E-state index contributed by atoms with van der Waals surface area (Å²) in [6.45, 7) is 4.36. The van der Waals surface area contributed by atoms with Crippen molar-refractivity contribution in [2.45, 2.75) is 31.7 Å². The number of carbonyl (C=O) groups excluding carboxylic acids is 2. The fraction of sp³-hybridized carbons (Fsp3) is 0.440. The molecule has 1 atom stereocenters. The Hall–Kier alpha value is -2.86. The van der Waals surface area contributed by atoms with Crippen molar-refractivity contribution in [2.75, 3.05) is 39.3 Å². The maximum atomic E-state index is 12.7. The Bertz CT molecular complexity index is 878. The van der Waals surface area contributed by atoms with Crippen LogP contribution in [0, 0.1) is 0 Å². The van der Waals surface area contributed by atoms with E-state index in [4.69, 9.17) is 0 Å². The second kappa shape index (κ2) is 10.4. The number of carbonyl (C=O) groups is 2. The van der Waals surface area contributed by atoms with Crippen molar-refractivity contribution in [1.29, 1.82) is 0 Å². The number of piperazine rings is 1. The van der Waals surface area contributed by atoms with Crippen LogP contribution in [0.1, 0.15) is 35.4 Å². The quantitative estimate of drug-likeness (QED) is 0.755. The van der Waals surface area contributed by atoms with Crippen LogP contribution in [0.15, 0.2) is 54.6 Å². The van der Waals surface area contributed by atoms with Crippen LogP contribution in [0.5, 0.6) is 0 Å². The van der Waals surface area contributed by atoms with Gasteiger partial charge >= 0.3 is 6.03 Å². The van der Waals surface area contributed by atoms with Crippen molar-refractivity contribution in [3.63, 3.8) is 0 Å². The molecule has 0 bridgehead atoms. The van der Waals surface area contributed by atoms with Crippen molar-refractivity contribution < 1.29 is 9.59 Å². The fourth-order valence-corrected chi connectivity index (χ4v) is 4.55. The lowest BCUT2D eigenvalue weighted by Gasteiger charge is -2.35. The fourth-order valence-electron chi connectivity index (χ4n) is 4.55. The zero-order chi connectivity index (χ0) is 21.5. The van der Waals surface area contributed by atoms with Gasteiger partial charge in [0.05, 0.1) is 6.54 Å². The molecule has 31 heavy (non-hydrogen) atoms. The topological polar surface area (TPSA) is 64.7 Å². The number of rotatable bonds is 6. The molecule has 6 heteroatoms. The first kappa shape index (κ1) is 21.4. The number of fused-ring (bicyclic) bond motifs is 1. The monoisotopic (exact) mass is 420 g/mol. The van der Waals surface area contributed by atoms with Gasteiger partial charge in [0.25, 0.3) is 0 Å². The number of nitrogens with zero attached hydrogens (tertiary/aromatic N) is 2. The van der Waals surface area contributed by atoms with Crippen LogP contribution in [-0.4, -0.2) is 61.0 Å². The first-order valence-corrected chi connectivity index (χ1v) is 11.3. The van der Waals surface area contributed by atoms with Gasteiger partial charge in [-0.1, -0.05) is 54.6 Å². The Morgan fingerprint density at radius 2 is 1.65 bits per heavy atom. The molecule has 0 spiro atoms. The largest absolute Gasteiger partial charge is 0.351 e. The molecule has 2 aromatic rings. The minimum Gasteiger partial charge on any atom is -0.351 e. The Morgan fingerprint density at radius 3 is 2.45 bits per heavy atom. The van der Waals surface area contributed by atoms with E-state index in [9.17, 15) is 9.59 Å². The molecule has 1 saturated heterocycles. The molecule has 2 aliphatic rings. The Morgan fingerprint density at radius 1 is 0.903 bits per heavy atom. The molecule has 1 fully saturated rings. The van der Waals surface area contributed by atoms with Gasteiger partial charge in [-0.3, -0.25) is 9.69 Å². The number of hydrogen-bond donors (Lipinski definition) is 2. The minimum absolute atomic E-state index is 0.0104. The van der Waals surface area contributed by atoms with Gasteiger partial charge in [-0.05, 0) is 36.0 Å². The van der Waals surface area contributed by atoms with Gasteiger partial charge in [0.15, 0.2) is 0 Å². The van der Waals surface area contributed by atoms with Gasteiger partial charge in [0.2, 0.25) is 5.91 Å². The van der Waals surface area contributed by atoms with Crippen LogP contribution >= 0.6 is 0 Å². The lowest BCUT2D eigenvalue weighted by atomic mass is 9.83. The first-order valence-electron chi connectivity index (χ1n) is 11.3. The van der Waals surface area contributed by atoms with Crippen LogP contribution in [0.2, 0.25) is 0 Å². The molecule has 1 heterocycles. The van der Waals surface area contributed by atoms with Crippen molar-refractivity contribution in [1.82, 2.24) is 20.4 Å². The summed E-state index contributed by atoms with van der Waals surface area (Å²) in [5.74, 6) is 0.432. The molecule has 1 unspecified atom stereocenters. The van der Waals surface area contributed by atoms with E-state index in [0.29, 0.717) is 38.6 Å². The molecule has 2 N–H and O–H groups in total. The SMILES string of the molecule is O=C(CN1CCN(C(=O)NCC2CCCc3ccccc32)CC1)NCc1ccccc1. The predicted molar refractivity (Wildman–Crippen MR) is 122 cm³/mol. The third-order valence-corrected chi connectivity index (χ3v) is 6.35. The first-order chi connectivity index (χ1) is 15.2. The van der Waals surface area contributed by atoms with Crippen molar-refractivity contribution in [3.8, 4) is 0 Å². The summed E-state index contributed by atoms with van der Waals surface area (Å²) < 4.78 is 0. The van der Waals surface area contributed by atoms with E-state index in [1.54, 1.807) is 0 Å². The standard InChI is InChI=1S/C25H32N4O2/c30-24(26-17-20-7-2-1-3-8-20)19-28-13-15-29(16-14-28)25(31)27-18-22-11-6-10-21-9-4-5-12-23(21)22/h1-5,7-9,12,22H,6,10-11,13-19H2,(H,26,30)(H,27,31). The molecular formula is C25H32N4O2. The molecule has 0 aromatic heterocycles. The highest BCUT2D eigenvalue weighted by Gasteiger charge is 2.24. The van der Waals surface area contributed by atoms with Crippen molar-refractivity contribution >= 4 is 11.9 Å². The summed E-state index contributed by atoms with van der Waals surface area (Å²) in [7, 11) is 0. The Kier molecular flexibility index (Phi) is 7.20. The van der Waals surface area contributed by atoms with Gasteiger partial charge in [0.1, 0.15) is 0 Å². The van der Waals surface area contributed by atoms with E-state index >= 15 is 0 Å². The maximum absolute atomic E-state index is 12.7. The number of nitrogens with one attached hydrogen (secondary N) is 2. The summed E-state index contributed by atoms with van der Waals surface area (Å²) in [5.41, 5.74) is 3.91. The second-order valence-electron chi connectivity index (χ2n) is 8.50. The van der Waals surface area contributed by atoms with Gasteiger partial charge in [-0.2, -0.15) is 0 Å². The van der Waals surface area contributed by atoms with E-state index in [1.165, 1.54) is 17.5 Å². The zero-order valence-electron chi connectivity index (χ0n) is 18.1. The zero-order valence-corrected chi connectivity index (χ0v) is 18.1. The third-order valence-electron chi connectivity index (χ3n) is 6.35. The average Bonchev–Trinajstić information content (AvgIpc) is 2.82. The second-order valence-corrected chi connectivity index (χ2v) is 8.50. The van der Waals surface area contributed by atoms with Crippen LogP contribution in [0.4, 0.5) is 4.79 Å². The Balaban J connectivity index is 1.17. The van der Waals surface area contributed by atoms with Gasteiger partial charge in [0, 0.05) is 45.2 Å². The van der Waals surface area contributed by atoms with Crippen molar-refractivity contribution in [2.24, 2.45) is 0 Å². The van der Waals surface area contributed by atoms with Gasteiger partial charge < -0.3 is 15.5 Å². The van der Waals surface area contributed by atoms with Crippen LogP contribution < -0.4 is 10.6 Å². The third kappa shape index (κ3) is 5.85. The number of benzene rings is 2. The molecule has 0 radical (unpaired) electrons. The molecule has 1 aliphatic carbocycles. The molecule has 0 saturated carbocycles. The highest BCUT2D eigenvalue weighted by atomic mass is 16.2. The highest BCUT2D eigenvalue weighted by Crippen LogP contribution is 2.30. The highest BCUT2D eigenvalue weighted by molar-refractivity contribution is 5.78. The van der Waals surface area contributed by atoms with Crippen LogP contribution in [0.25, 0.3) is 0 Å². The summed E-state index contributed by atoms with van der Waals surface area (Å²) in [6.07, 6.45) is 3.45. The number of aryl methyl sites for hydroxylation is 1. The molecular weight excluding hydrogens is 388 g/mol. The predicted octanol–water partition coefficient (Wildman–Crippen LogP) is 2.75. The van der Waals surface area contributed by atoms with E-state index < -0.39 is 0 Å². The summed E-state index contributed by atoms with van der Waals surface area (Å²) >= 11 is 0. The van der Waals surface area contributed by atoms with E-state index in [0.717, 1.165) is 31.5 Å². The minimum atomic E-state index is 0.0104. The Labute approximate surface area is 184 Å². The van der Waals surface area contributed by atoms with Crippen LogP contribution in [0.3, 0.4) is 0 Å². The van der Waals surface area contributed by atoms with Crippen molar-refractivity contribution in [3.05, 3.63) is 71.3 Å². The smallest absolute Gasteiger partial charge is 0.317 e. The maximum Gasteiger partial charge on any atom is 0.317 e. The molecule has 164 valence electrons. The molecule has 4 rings (SSSR count). The van der Waals surface area contributed by atoms with E-state index in [2.05, 4.69) is 39.8 Å². The van der Waals surface area contributed by atoms with E-state index in [1.807, 2.05) is 35.2 Å². The summed E-state index contributed by atoms with van der Waals surface area (Å²) in [6, 6.07) is 18.5. The number of amides is 3. The van der Waals surface area contributed by atoms with Crippen LogP contribution in [-0.2, 0) is 17.8 Å². The molecule has 2 aromatic carbocycles. The molecule has 6 nitrogen and oxygen atoms in total. The number of urea groups is 1.